The summed E-state index contributed by atoms with van der Waals surface area (Å²) in [6, 6.07) is 114. The molecular formula is C88H70N8O4. The first kappa shape index (κ1) is 63.5. The molecule has 1 N–H and O–H groups in total. The quantitative estimate of drug-likeness (QED) is 0.0913. The van der Waals surface area contributed by atoms with Gasteiger partial charge in [-0.1, -0.05) is 315 Å². The molecule has 0 aliphatic carbocycles. The molecule has 0 fully saturated rings. The van der Waals surface area contributed by atoms with Crippen LogP contribution in [0, 0.1) is 0 Å². The number of aliphatic imine (C=N–C) groups is 7. The van der Waals surface area contributed by atoms with E-state index in [1.807, 2.05) is 206 Å². The van der Waals surface area contributed by atoms with Gasteiger partial charge in [-0.2, -0.15) is 0 Å². The van der Waals surface area contributed by atoms with Gasteiger partial charge < -0.3 is 18.9 Å². The van der Waals surface area contributed by atoms with Crippen LogP contribution in [-0.2, 0) is 28.2 Å². The summed E-state index contributed by atoms with van der Waals surface area (Å²) in [7, 11) is 6.72. The fourth-order valence-electron chi connectivity index (χ4n) is 14.3. The zero-order chi connectivity index (χ0) is 68.0. The molecule has 12 heteroatoms. The SMILES string of the molecule is COc1ccccc1C1(C2(c3ccccc3OC)N=C(c3ccccc3)C(c3ccccc3)(c3ccccc3)N2)N=CC(c2ccccc2)=N1.COc1ccccc1C1(C2(c3ccccc3OC)N=C(c3ccccc3)C(c3ccccc3)=N2)N=C(c2ccccc2)C(c2ccccc2)=N1. The Hall–Kier alpha value is -12.5. The molecular weight excluding hydrogens is 1230 g/mol. The summed E-state index contributed by atoms with van der Waals surface area (Å²) in [5.74, 6) is 2.54. The summed E-state index contributed by atoms with van der Waals surface area (Å²) in [6.45, 7) is 0. The van der Waals surface area contributed by atoms with Crippen molar-refractivity contribution in [3.63, 3.8) is 0 Å². The average molecular weight is 1300 g/mol. The summed E-state index contributed by atoms with van der Waals surface area (Å²) in [6.07, 6.45) is 1.86. The number of rotatable bonds is 18. The van der Waals surface area contributed by atoms with E-state index in [0.29, 0.717) is 23.0 Å². The van der Waals surface area contributed by atoms with Crippen molar-refractivity contribution in [3.05, 3.63) is 406 Å². The third kappa shape index (κ3) is 10.8. The van der Waals surface area contributed by atoms with Crippen LogP contribution in [0.1, 0.15) is 66.8 Å². The number of ether oxygens (including phenoxy) is 4. The molecule has 0 saturated carbocycles. The molecule has 0 saturated heterocycles. The molecule has 0 spiro atoms. The molecule has 0 bridgehead atoms. The van der Waals surface area contributed by atoms with Gasteiger partial charge in [0.05, 0.1) is 68.9 Å². The molecule has 16 rings (SSSR count). The highest BCUT2D eigenvalue weighted by Crippen LogP contribution is 2.60. The second kappa shape index (κ2) is 27.2. The Kier molecular flexibility index (Phi) is 17.3. The summed E-state index contributed by atoms with van der Waals surface area (Å²) < 4.78 is 24.5. The zero-order valence-corrected chi connectivity index (χ0v) is 55.7. The lowest BCUT2D eigenvalue weighted by Crippen LogP contribution is -2.59. The number of benzene rings is 12. The predicted molar refractivity (Wildman–Crippen MR) is 402 cm³/mol. The van der Waals surface area contributed by atoms with Crippen molar-refractivity contribution in [1.29, 1.82) is 0 Å². The van der Waals surface area contributed by atoms with Crippen LogP contribution in [-0.4, -0.2) is 68.9 Å². The summed E-state index contributed by atoms with van der Waals surface area (Å²) >= 11 is 0. The van der Waals surface area contributed by atoms with Gasteiger partial charge in [-0.3, -0.25) is 15.3 Å². The van der Waals surface area contributed by atoms with Crippen molar-refractivity contribution >= 4 is 40.5 Å². The van der Waals surface area contributed by atoms with Crippen molar-refractivity contribution in [2.75, 3.05) is 28.4 Å². The van der Waals surface area contributed by atoms with E-state index in [9.17, 15) is 0 Å². The molecule has 0 radical (unpaired) electrons. The monoisotopic (exact) mass is 1300 g/mol. The van der Waals surface area contributed by atoms with Crippen LogP contribution in [0.4, 0.5) is 0 Å². The lowest BCUT2D eigenvalue weighted by molar-refractivity contribution is 0.171. The topological polar surface area (TPSA) is 135 Å². The van der Waals surface area contributed by atoms with Gasteiger partial charge in [0.2, 0.25) is 17.0 Å². The average Bonchev–Trinajstić information content (AvgIpc) is 1.49. The molecule has 12 aromatic carbocycles. The van der Waals surface area contributed by atoms with E-state index in [1.54, 1.807) is 28.4 Å². The number of hydrogen-bond donors (Lipinski definition) is 1. The minimum atomic E-state index is -1.48. The highest BCUT2D eigenvalue weighted by Gasteiger charge is 2.67. The predicted octanol–water partition coefficient (Wildman–Crippen LogP) is 17.0. The lowest BCUT2D eigenvalue weighted by Gasteiger charge is -2.44. The molecule has 4 heterocycles. The third-order valence-corrected chi connectivity index (χ3v) is 18.9. The van der Waals surface area contributed by atoms with Crippen molar-refractivity contribution in [3.8, 4) is 23.0 Å². The third-order valence-electron chi connectivity index (χ3n) is 18.9. The fraction of sp³-hybridized carbons (Fsp3) is 0.102. The van der Waals surface area contributed by atoms with Crippen LogP contribution < -0.4 is 24.3 Å². The van der Waals surface area contributed by atoms with Gasteiger partial charge in [0.25, 0.3) is 0 Å². The van der Waals surface area contributed by atoms with Crippen LogP contribution in [0.5, 0.6) is 23.0 Å². The normalized spacial score (nSPS) is 18.2. The molecule has 2 unspecified atom stereocenters. The molecule has 0 aromatic heterocycles. The number of para-hydroxylation sites is 4. The Labute approximate surface area is 582 Å². The first-order chi connectivity index (χ1) is 49.3. The molecule has 486 valence electrons. The number of nitrogens with one attached hydrogen (secondary N) is 1. The van der Waals surface area contributed by atoms with Crippen molar-refractivity contribution < 1.29 is 18.9 Å². The Balaban J connectivity index is 0.000000162. The second-order valence-electron chi connectivity index (χ2n) is 24.4. The molecule has 4 aliphatic heterocycles. The van der Waals surface area contributed by atoms with Crippen LogP contribution in [0.2, 0.25) is 0 Å². The van der Waals surface area contributed by atoms with E-state index in [0.717, 1.165) is 101 Å². The standard InChI is InChI=1S/C44H36N4O2.C44H34N4O2/c1-49-39-29-17-15-27-36(39)43(45-31-38(46-43)32-19-7-3-8-20-32)44(37-28-16-18-30-40(37)50-2)47-41(33-21-9-4-10-22-33)42(48-44,34-23-11-5-12-24-34)35-25-13-6-14-26-35;1-49-37-29-17-15-27-35(37)43(45-39(31-19-7-3-8-20-31)40(46-43)32-21-9-4-10-22-32)44(36-28-16-18-30-38(36)50-2)47-41(33-23-11-5-12-24-33)42(48-44)34-25-13-6-14-26-34/h3-31,48H,1-2H3;3-30H,1-2H3. The molecule has 2 atom stereocenters. The van der Waals surface area contributed by atoms with Gasteiger partial charge in [0.1, 0.15) is 28.5 Å². The van der Waals surface area contributed by atoms with Crippen molar-refractivity contribution in [2.45, 2.75) is 28.2 Å². The molecule has 12 aromatic rings. The first-order valence-electron chi connectivity index (χ1n) is 33.2. The Morgan fingerprint density at radius 2 is 0.520 bits per heavy atom. The Morgan fingerprint density at radius 3 is 0.860 bits per heavy atom. The van der Waals surface area contributed by atoms with Crippen LogP contribution >= 0.6 is 0 Å². The van der Waals surface area contributed by atoms with Gasteiger partial charge in [0, 0.05) is 50.1 Å². The van der Waals surface area contributed by atoms with E-state index >= 15 is 0 Å². The first-order valence-corrected chi connectivity index (χ1v) is 33.2. The largest absolute Gasteiger partial charge is 0.496 e. The molecule has 12 nitrogen and oxygen atoms in total. The second-order valence-corrected chi connectivity index (χ2v) is 24.4. The van der Waals surface area contributed by atoms with Gasteiger partial charge in [-0.15, -0.1) is 0 Å². The fourth-order valence-corrected chi connectivity index (χ4v) is 14.3. The smallest absolute Gasteiger partial charge is 0.230 e. The number of hydrogen-bond acceptors (Lipinski definition) is 12. The van der Waals surface area contributed by atoms with Crippen molar-refractivity contribution in [1.82, 2.24) is 5.32 Å². The van der Waals surface area contributed by atoms with Crippen molar-refractivity contribution in [2.24, 2.45) is 34.9 Å². The highest BCUT2D eigenvalue weighted by atomic mass is 16.5. The van der Waals surface area contributed by atoms with Gasteiger partial charge in [-0.05, 0) is 41.0 Å². The van der Waals surface area contributed by atoms with Gasteiger partial charge in [-0.25, -0.2) is 25.0 Å². The van der Waals surface area contributed by atoms with E-state index < -0.39 is 28.2 Å². The van der Waals surface area contributed by atoms with Gasteiger partial charge in [0.15, 0.2) is 5.66 Å². The minimum Gasteiger partial charge on any atom is -0.496 e. The molecule has 0 amide bonds. The summed E-state index contributed by atoms with van der Waals surface area (Å²) in [5.41, 5.74) is 8.47. The van der Waals surface area contributed by atoms with E-state index in [-0.39, 0.29) is 0 Å². The van der Waals surface area contributed by atoms with Gasteiger partial charge >= 0.3 is 0 Å². The lowest BCUT2D eigenvalue weighted by atomic mass is 9.75. The Morgan fingerprint density at radius 1 is 0.250 bits per heavy atom. The summed E-state index contributed by atoms with van der Waals surface area (Å²) in [4.78, 5) is 40.1. The minimum absolute atomic E-state index is 0.621. The maximum Gasteiger partial charge on any atom is 0.230 e. The number of nitrogens with zero attached hydrogens (tertiary/aromatic N) is 7. The molecule has 100 heavy (non-hydrogen) atoms. The summed E-state index contributed by atoms with van der Waals surface area (Å²) in [5, 5.41) is 4.23. The maximum atomic E-state index is 6.17. The van der Waals surface area contributed by atoms with Crippen LogP contribution in [0.15, 0.2) is 375 Å². The van der Waals surface area contributed by atoms with Crippen LogP contribution in [0.25, 0.3) is 0 Å². The van der Waals surface area contributed by atoms with Crippen LogP contribution in [0.3, 0.4) is 0 Å². The van der Waals surface area contributed by atoms with E-state index in [2.05, 4.69) is 145 Å². The Bertz CT molecular complexity index is 4830. The maximum absolute atomic E-state index is 6.17. The number of methoxy groups -OCH3 is 4. The van der Waals surface area contributed by atoms with E-state index in [1.165, 1.54) is 0 Å². The van der Waals surface area contributed by atoms with E-state index in [4.69, 9.17) is 53.9 Å². The highest BCUT2D eigenvalue weighted by molar-refractivity contribution is 6.56. The molecule has 4 aliphatic rings. The zero-order valence-electron chi connectivity index (χ0n) is 55.7.